The van der Waals surface area contributed by atoms with Crippen molar-refractivity contribution >= 4 is 5.96 Å². The smallest absolute Gasteiger partial charge is 0.191 e. The van der Waals surface area contributed by atoms with E-state index in [0.29, 0.717) is 18.6 Å². The third-order valence-corrected chi connectivity index (χ3v) is 5.50. The first-order valence-corrected chi connectivity index (χ1v) is 10.3. The number of aliphatic imine (C=N–C) groups is 1. The molecule has 27 heavy (non-hydrogen) atoms. The van der Waals surface area contributed by atoms with Gasteiger partial charge in [-0.05, 0) is 46.5 Å². The molecule has 2 atom stereocenters. The molecular weight excluding hydrogens is 342 g/mol. The van der Waals surface area contributed by atoms with E-state index < -0.39 is 0 Å². The first-order chi connectivity index (χ1) is 13.1. The first kappa shape index (κ1) is 20.1. The number of aromatic nitrogens is 3. The lowest BCUT2D eigenvalue weighted by Crippen LogP contribution is -2.45. The highest BCUT2D eigenvalue weighted by Crippen LogP contribution is 2.33. The molecule has 8 nitrogen and oxygen atoms in total. The highest BCUT2D eigenvalue weighted by atomic mass is 16.5. The second-order valence-corrected chi connectivity index (χ2v) is 7.72. The second-order valence-electron chi connectivity index (χ2n) is 7.72. The van der Waals surface area contributed by atoms with E-state index in [4.69, 9.17) is 9.73 Å². The van der Waals surface area contributed by atoms with Gasteiger partial charge in [0.2, 0.25) is 0 Å². The number of rotatable bonds is 9. The Morgan fingerprint density at radius 2 is 2.15 bits per heavy atom. The fourth-order valence-corrected chi connectivity index (χ4v) is 3.69. The minimum absolute atomic E-state index is 0.444. The van der Waals surface area contributed by atoms with Gasteiger partial charge in [0, 0.05) is 51.5 Å². The summed E-state index contributed by atoms with van der Waals surface area (Å²) in [5, 5.41) is 15.4. The third-order valence-electron chi connectivity index (χ3n) is 5.50. The zero-order chi connectivity index (χ0) is 19.2. The van der Waals surface area contributed by atoms with Gasteiger partial charge in [0.25, 0.3) is 0 Å². The number of nitrogens with zero attached hydrogens (tertiary/aromatic N) is 5. The van der Waals surface area contributed by atoms with E-state index in [-0.39, 0.29) is 0 Å². The molecule has 0 aromatic carbocycles. The molecule has 1 saturated carbocycles. The highest BCUT2D eigenvalue weighted by molar-refractivity contribution is 5.80. The Morgan fingerprint density at radius 1 is 1.33 bits per heavy atom. The van der Waals surface area contributed by atoms with Crippen LogP contribution in [0.15, 0.2) is 4.99 Å². The number of nitrogens with one attached hydrogen (secondary N) is 2. The number of aryl methyl sites for hydroxylation is 1. The molecule has 2 heterocycles. The predicted molar refractivity (Wildman–Crippen MR) is 107 cm³/mol. The zero-order valence-corrected chi connectivity index (χ0v) is 17.2. The number of ether oxygens (including phenoxy) is 1. The molecule has 152 valence electrons. The monoisotopic (exact) mass is 377 g/mol. The van der Waals surface area contributed by atoms with Gasteiger partial charge in [-0.1, -0.05) is 0 Å². The molecule has 0 radical (unpaired) electrons. The first-order valence-electron chi connectivity index (χ1n) is 10.3. The third kappa shape index (κ3) is 5.65. The average molecular weight is 378 g/mol. The summed E-state index contributed by atoms with van der Waals surface area (Å²) in [7, 11) is 1.98. The van der Waals surface area contributed by atoms with E-state index >= 15 is 0 Å². The molecule has 8 heteroatoms. The van der Waals surface area contributed by atoms with Crippen LogP contribution in [0.25, 0.3) is 0 Å². The summed E-state index contributed by atoms with van der Waals surface area (Å²) in [5.41, 5.74) is 0. The van der Waals surface area contributed by atoms with Gasteiger partial charge in [-0.25, -0.2) is 4.99 Å². The standard InChI is InChI=1S/C19H35N7O/c1-5-27-10-6-9-20-19(21-12-18-24-23-15(3)25(18)4)22-16-11-14(2)26(13-16)17-7-8-17/h14,16-17H,5-13H2,1-4H3,(H2,20,21,22). The van der Waals surface area contributed by atoms with E-state index in [2.05, 4.69) is 32.7 Å². The largest absolute Gasteiger partial charge is 0.382 e. The maximum absolute atomic E-state index is 5.43. The summed E-state index contributed by atoms with van der Waals surface area (Å²) in [6, 6.07) is 1.91. The molecule has 2 aliphatic rings. The van der Waals surface area contributed by atoms with Crippen molar-refractivity contribution in [2.75, 3.05) is 26.3 Å². The van der Waals surface area contributed by atoms with Crippen molar-refractivity contribution in [3.8, 4) is 0 Å². The Hall–Kier alpha value is -1.67. The number of hydrogen-bond donors (Lipinski definition) is 2. The van der Waals surface area contributed by atoms with Gasteiger partial charge in [0.1, 0.15) is 12.4 Å². The lowest BCUT2D eigenvalue weighted by Gasteiger charge is -2.20. The molecule has 0 amide bonds. The second kappa shape index (κ2) is 9.50. The van der Waals surface area contributed by atoms with Crippen molar-refractivity contribution in [3.63, 3.8) is 0 Å². The summed E-state index contributed by atoms with van der Waals surface area (Å²) < 4.78 is 7.42. The van der Waals surface area contributed by atoms with Crippen molar-refractivity contribution in [1.29, 1.82) is 0 Å². The maximum Gasteiger partial charge on any atom is 0.191 e. The van der Waals surface area contributed by atoms with E-state index in [1.54, 1.807) is 0 Å². The normalized spacial score (nSPS) is 23.8. The number of likely N-dealkylation sites (tertiary alicyclic amines) is 1. The fraction of sp³-hybridized carbons (Fsp3) is 0.842. The van der Waals surface area contributed by atoms with E-state index in [9.17, 15) is 0 Å². The van der Waals surface area contributed by atoms with Crippen LogP contribution in [0.2, 0.25) is 0 Å². The molecule has 1 aliphatic heterocycles. The van der Waals surface area contributed by atoms with Gasteiger partial charge < -0.3 is 19.9 Å². The van der Waals surface area contributed by atoms with Crippen molar-refractivity contribution in [2.45, 2.75) is 71.1 Å². The van der Waals surface area contributed by atoms with E-state index in [0.717, 1.165) is 56.4 Å². The van der Waals surface area contributed by atoms with Gasteiger partial charge >= 0.3 is 0 Å². The van der Waals surface area contributed by atoms with Crippen LogP contribution in [0.3, 0.4) is 0 Å². The van der Waals surface area contributed by atoms with Gasteiger partial charge in [-0.3, -0.25) is 4.90 Å². The van der Waals surface area contributed by atoms with Crippen molar-refractivity contribution in [3.05, 3.63) is 11.6 Å². The van der Waals surface area contributed by atoms with Gasteiger partial charge in [-0.15, -0.1) is 10.2 Å². The molecule has 0 bridgehead atoms. The Morgan fingerprint density at radius 3 is 2.81 bits per heavy atom. The Balaban J connectivity index is 1.56. The SMILES string of the molecule is CCOCCCNC(=NCc1nnc(C)n1C)NC1CC(C)N(C2CC2)C1. The molecule has 2 N–H and O–H groups in total. The predicted octanol–water partition coefficient (Wildman–Crippen LogP) is 1.21. The van der Waals surface area contributed by atoms with Gasteiger partial charge in [-0.2, -0.15) is 0 Å². The zero-order valence-electron chi connectivity index (χ0n) is 17.2. The summed E-state index contributed by atoms with van der Waals surface area (Å²) in [6.45, 7) is 10.3. The Bertz CT molecular complexity index is 626. The molecule has 2 unspecified atom stereocenters. The van der Waals surface area contributed by atoms with E-state index in [1.165, 1.54) is 19.3 Å². The Labute approximate surface area is 162 Å². The summed E-state index contributed by atoms with van der Waals surface area (Å²) in [5.74, 6) is 2.65. The van der Waals surface area contributed by atoms with Crippen molar-refractivity contribution in [1.82, 2.24) is 30.3 Å². The van der Waals surface area contributed by atoms with Gasteiger partial charge in [0.05, 0.1) is 0 Å². The van der Waals surface area contributed by atoms with Crippen molar-refractivity contribution < 1.29 is 4.74 Å². The van der Waals surface area contributed by atoms with Crippen LogP contribution >= 0.6 is 0 Å². The maximum atomic E-state index is 5.43. The van der Waals surface area contributed by atoms with Crippen LogP contribution in [0.4, 0.5) is 0 Å². The lowest BCUT2D eigenvalue weighted by molar-refractivity contribution is 0.145. The van der Waals surface area contributed by atoms with Crippen LogP contribution in [-0.4, -0.2) is 70.1 Å². The minimum atomic E-state index is 0.444. The van der Waals surface area contributed by atoms with Crippen LogP contribution in [0.1, 0.15) is 51.2 Å². The quantitative estimate of drug-likeness (QED) is 0.383. The Kier molecular flexibility index (Phi) is 7.07. The molecule has 1 aromatic rings. The summed E-state index contributed by atoms with van der Waals surface area (Å²) in [4.78, 5) is 7.42. The molecule has 1 saturated heterocycles. The summed E-state index contributed by atoms with van der Waals surface area (Å²) in [6.07, 6.45) is 4.85. The average Bonchev–Trinajstić information content (AvgIpc) is 3.36. The molecule has 0 spiro atoms. The summed E-state index contributed by atoms with van der Waals surface area (Å²) >= 11 is 0. The fourth-order valence-electron chi connectivity index (χ4n) is 3.69. The van der Waals surface area contributed by atoms with E-state index in [1.807, 2.05) is 25.5 Å². The lowest BCUT2D eigenvalue weighted by atomic mass is 10.2. The molecule has 1 aliphatic carbocycles. The van der Waals surface area contributed by atoms with Crippen molar-refractivity contribution in [2.24, 2.45) is 12.0 Å². The molecule has 2 fully saturated rings. The van der Waals surface area contributed by atoms with Gasteiger partial charge in [0.15, 0.2) is 11.8 Å². The number of hydrogen-bond acceptors (Lipinski definition) is 5. The molecule has 3 rings (SSSR count). The highest BCUT2D eigenvalue weighted by Gasteiger charge is 2.38. The van der Waals surface area contributed by atoms with Crippen LogP contribution in [0, 0.1) is 6.92 Å². The van der Waals surface area contributed by atoms with Crippen LogP contribution in [-0.2, 0) is 18.3 Å². The number of guanidine groups is 1. The topological polar surface area (TPSA) is 79.6 Å². The minimum Gasteiger partial charge on any atom is -0.382 e. The molecular formula is C19H35N7O. The molecule has 1 aromatic heterocycles. The van der Waals surface area contributed by atoms with Crippen LogP contribution in [0.5, 0.6) is 0 Å². The van der Waals surface area contributed by atoms with Crippen LogP contribution < -0.4 is 10.6 Å².